The molecule has 0 unspecified atom stereocenters. The van der Waals surface area contributed by atoms with Gasteiger partial charge in [0.05, 0.1) is 0 Å². The monoisotopic (exact) mass is 183 g/mol. The number of nitrogens with zero attached hydrogens (tertiary/aromatic N) is 1. The third kappa shape index (κ3) is 1.87. The zero-order valence-corrected chi connectivity index (χ0v) is 7.06. The van der Waals surface area contributed by atoms with E-state index < -0.39 is 11.5 Å². The van der Waals surface area contributed by atoms with Crippen molar-refractivity contribution in [1.82, 2.24) is 4.73 Å². The summed E-state index contributed by atoms with van der Waals surface area (Å²) in [6.07, 6.45) is 1.37. The van der Waals surface area contributed by atoms with Crippen molar-refractivity contribution in [3.63, 3.8) is 0 Å². The molecule has 1 aromatic rings. The van der Waals surface area contributed by atoms with Crippen LogP contribution in [-0.2, 0) is 0 Å². The van der Waals surface area contributed by atoms with Crippen LogP contribution in [0.15, 0.2) is 23.1 Å². The van der Waals surface area contributed by atoms with Crippen LogP contribution in [0.3, 0.4) is 0 Å². The van der Waals surface area contributed by atoms with Crippen molar-refractivity contribution in [1.29, 1.82) is 0 Å². The van der Waals surface area contributed by atoms with Gasteiger partial charge in [0.2, 0.25) is 0 Å². The van der Waals surface area contributed by atoms with Crippen LogP contribution < -0.4 is 10.4 Å². The van der Waals surface area contributed by atoms with Gasteiger partial charge < -0.3 is 9.94 Å². The van der Waals surface area contributed by atoms with Crippen molar-refractivity contribution in [3.05, 3.63) is 34.2 Å². The van der Waals surface area contributed by atoms with E-state index >= 15 is 0 Å². The second kappa shape index (κ2) is 3.75. The van der Waals surface area contributed by atoms with Crippen LogP contribution in [0.5, 0.6) is 0 Å². The molecule has 0 spiro atoms. The highest BCUT2D eigenvalue weighted by Gasteiger charge is 2.09. The first kappa shape index (κ1) is 9.31. The molecule has 1 rings (SSSR count). The van der Waals surface area contributed by atoms with E-state index in [1.54, 1.807) is 6.92 Å². The molecule has 0 aromatic carbocycles. The summed E-state index contributed by atoms with van der Waals surface area (Å²) < 4.78 is 0.906. The molecule has 0 aliphatic carbocycles. The van der Waals surface area contributed by atoms with Gasteiger partial charge in [-0.3, -0.25) is 4.79 Å². The van der Waals surface area contributed by atoms with Crippen molar-refractivity contribution in [2.75, 3.05) is 6.61 Å². The molecule has 0 bridgehead atoms. The minimum atomic E-state index is -1.25. The highest BCUT2D eigenvalue weighted by Crippen LogP contribution is 1.90. The second-order valence-corrected chi connectivity index (χ2v) is 2.28. The first-order chi connectivity index (χ1) is 6.16. The smallest absolute Gasteiger partial charge is 0.341 e. The zero-order chi connectivity index (χ0) is 9.84. The van der Waals surface area contributed by atoms with E-state index in [4.69, 9.17) is 9.94 Å². The number of hydrogen-bond acceptors (Lipinski definition) is 3. The molecule has 1 heterocycles. The van der Waals surface area contributed by atoms with Gasteiger partial charge in [-0.2, -0.15) is 4.73 Å². The number of carboxylic acid groups (broad SMARTS) is 1. The summed E-state index contributed by atoms with van der Waals surface area (Å²) in [5.74, 6) is -1.25. The van der Waals surface area contributed by atoms with E-state index in [9.17, 15) is 9.59 Å². The number of pyridine rings is 1. The Labute approximate surface area is 74.1 Å². The maximum absolute atomic E-state index is 11.3. The summed E-state index contributed by atoms with van der Waals surface area (Å²) >= 11 is 0. The van der Waals surface area contributed by atoms with Crippen LogP contribution in [0, 0.1) is 0 Å². The average Bonchev–Trinajstić information content (AvgIpc) is 2.08. The lowest BCUT2D eigenvalue weighted by molar-refractivity contribution is 0.0681. The lowest BCUT2D eigenvalue weighted by Gasteiger charge is -2.05. The molecule has 0 aliphatic heterocycles. The predicted molar refractivity (Wildman–Crippen MR) is 44.8 cm³/mol. The third-order valence-electron chi connectivity index (χ3n) is 1.41. The van der Waals surface area contributed by atoms with Crippen molar-refractivity contribution < 1.29 is 14.7 Å². The predicted octanol–water partition coefficient (Wildman–Crippen LogP) is -0.00500. The number of aromatic nitrogens is 1. The Balaban J connectivity index is 3.19. The second-order valence-electron chi connectivity index (χ2n) is 2.28. The van der Waals surface area contributed by atoms with Crippen LogP contribution in [0.1, 0.15) is 17.3 Å². The summed E-state index contributed by atoms with van der Waals surface area (Å²) in [4.78, 5) is 26.6. The van der Waals surface area contributed by atoms with Gasteiger partial charge in [-0.1, -0.05) is 0 Å². The fraction of sp³-hybridized carbons (Fsp3) is 0.250. The van der Waals surface area contributed by atoms with Gasteiger partial charge in [-0.15, -0.1) is 0 Å². The topological polar surface area (TPSA) is 68.5 Å². The highest BCUT2D eigenvalue weighted by molar-refractivity contribution is 5.86. The van der Waals surface area contributed by atoms with Crippen LogP contribution in [0.2, 0.25) is 0 Å². The Hall–Kier alpha value is -1.78. The van der Waals surface area contributed by atoms with Gasteiger partial charge in [0.15, 0.2) is 0 Å². The maximum Gasteiger partial charge on any atom is 0.341 e. The largest absolute Gasteiger partial charge is 0.477 e. The molecule has 5 heteroatoms. The Morgan fingerprint density at radius 3 is 2.92 bits per heavy atom. The van der Waals surface area contributed by atoms with Gasteiger partial charge in [0.1, 0.15) is 12.2 Å². The van der Waals surface area contributed by atoms with Crippen LogP contribution in [0.4, 0.5) is 0 Å². The molecule has 0 aliphatic rings. The van der Waals surface area contributed by atoms with Crippen molar-refractivity contribution in [2.24, 2.45) is 0 Å². The summed E-state index contributed by atoms with van der Waals surface area (Å²) in [6, 6.07) is 2.68. The summed E-state index contributed by atoms with van der Waals surface area (Å²) in [5.41, 5.74) is -0.951. The standard InChI is InChI=1S/C8H9NO4/c1-2-13-9-5-3-4-6(7(9)10)8(11)12/h3-5H,2H2,1H3,(H,11,12). The number of rotatable bonds is 3. The number of hydrogen-bond donors (Lipinski definition) is 1. The fourth-order valence-electron chi connectivity index (χ4n) is 0.879. The summed E-state index contributed by atoms with van der Waals surface area (Å²) in [6.45, 7) is 2.02. The quantitative estimate of drug-likeness (QED) is 0.715. The van der Waals surface area contributed by atoms with Crippen LogP contribution in [0.25, 0.3) is 0 Å². The molecule has 1 N–H and O–H groups in total. The van der Waals surface area contributed by atoms with Gasteiger partial charge >= 0.3 is 5.97 Å². The Morgan fingerprint density at radius 1 is 1.69 bits per heavy atom. The van der Waals surface area contributed by atoms with E-state index in [0.717, 1.165) is 4.73 Å². The number of carbonyl (C=O) groups is 1. The van der Waals surface area contributed by atoms with E-state index in [-0.39, 0.29) is 5.56 Å². The first-order valence-corrected chi connectivity index (χ1v) is 3.75. The van der Waals surface area contributed by atoms with E-state index in [1.807, 2.05) is 0 Å². The minimum absolute atomic E-state index is 0.295. The molecule has 13 heavy (non-hydrogen) atoms. The molecule has 0 radical (unpaired) electrons. The molecule has 0 amide bonds. The molecule has 1 aromatic heterocycles. The highest BCUT2D eigenvalue weighted by atomic mass is 16.7. The molecular weight excluding hydrogens is 174 g/mol. The van der Waals surface area contributed by atoms with Gasteiger partial charge in [0.25, 0.3) is 5.56 Å². The summed E-state index contributed by atoms with van der Waals surface area (Å²) in [5, 5.41) is 8.59. The van der Waals surface area contributed by atoms with E-state index in [0.29, 0.717) is 6.61 Å². The molecular formula is C8H9NO4. The lowest BCUT2D eigenvalue weighted by atomic mass is 10.3. The molecule has 0 saturated heterocycles. The molecule has 0 fully saturated rings. The fourth-order valence-corrected chi connectivity index (χ4v) is 0.879. The normalized spacial score (nSPS) is 9.62. The Bertz CT molecular complexity index is 369. The summed E-state index contributed by atoms with van der Waals surface area (Å²) in [7, 11) is 0. The Morgan fingerprint density at radius 2 is 2.38 bits per heavy atom. The third-order valence-corrected chi connectivity index (χ3v) is 1.41. The molecule has 70 valence electrons. The van der Waals surface area contributed by atoms with Crippen molar-refractivity contribution >= 4 is 5.97 Å². The molecule has 0 saturated carbocycles. The van der Waals surface area contributed by atoms with E-state index in [2.05, 4.69) is 0 Å². The van der Waals surface area contributed by atoms with Crippen LogP contribution >= 0.6 is 0 Å². The molecule has 5 nitrogen and oxygen atoms in total. The first-order valence-electron chi connectivity index (χ1n) is 3.75. The van der Waals surface area contributed by atoms with Gasteiger partial charge in [0, 0.05) is 6.20 Å². The Kier molecular flexibility index (Phi) is 2.69. The van der Waals surface area contributed by atoms with Crippen LogP contribution in [-0.4, -0.2) is 22.4 Å². The lowest BCUT2D eigenvalue weighted by Crippen LogP contribution is -2.30. The average molecular weight is 183 g/mol. The number of carboxylic acids is 1. The van der Waals surface area contributed by atoms with Gasteiger partial charge in [-0.25, -0.2) is 4.79 Å². The number of aromatic carboxylic acids is 1. The maximum atomic E-state index is 11.3. The zero-order valence-electron chi connectivity index (χ0n) is 7.06. The van der Waals surface area contributed by atoms with E-state index in [1.165, 1.54) is 18.3 Å². The van der Waals surface area contributed by atoms with Crippen molar-refractivity contribution in [2.45, 2.75) is 6.92 Å². The SMILES string of the molecule is CCOn1cccc(C(=O)O)c1=O. The molecule has 0 atom stereocenters. The van der Waals surface area contributed by atoms with Crippen molar-refractivity contribution in [3.8, 4) is 0 Å². The van der Waals surface area contributed by atoms with Gasteiger partial charge in [-0.05, 0) is 19.1 Å². The minimum Gasteiger partial charge on any atom is -0.477 e.